The summed E-state index contributed by atoms with van der Waals surface area (Å²) < 4.78 is 5.99. The van der Waals surface area contributed by atoms with Crippen LogP contribution < -0.4 is 10.5 Å². The van der Waals surface area contributed by atoms with Gasteiger partial charge < -0.3 is 10.5 Å². The molecule has 0 aliphatic heterocycles. The van der Waals surface area contributed by atoms with E-state index < -0.39 is 0 Å². The molecule has 2 aromatic rings. The second-order valence-corrected chi connectivity index (χ2v) is 5.50. The van der Waals surface area contributed by atoms with Crippen molar-refractivity contribution >= 4 is 22.9 Å². The van der Waals surface area contributed by atoms with Crippen molar-refractivity contribution in [3.8, 4) is 5.75 Å². The lowest BCUT2D eigenvalue weighted by atomic mass is 10.1. The Kier molecular flexibility index (Phi) is 4.64. The minimum absolute atomic E-state index is 0.0145. The number of ether oxygens (including phenoxy) is 1. The first kappa shape index (κ1) is 13.4. The predicted octanol–water partition coefficient (Wildman–Crippen LogP) is 4.26. The molecule has 0 fully saturated rings. The Bertz CT molecular complexity index is 469. The topological polar surface area (TPSA) is 35.2 Å². The first-order valence-corrected chi connectivity index (χ1v) is 7.17. The Hall–Kier alpha value is -1.03. The number of thiophene rings is 1. The summed E-state index contributed by atoms with van der Waals surface area (Å²) in [7, 11) is 0. The van der Waals surface area contributed by atoms with Crippen LogP contribution in [-0.2, 0) is 0 Å². The van der Waals surface area contributed by atoms with Gasteiger partial charge in [0.1, 0.15) is 11.9 Å². The molecule has 0 saturated carbocycles. The van der Waals surface area contributed by atoms with Crippen molar-refractivity contribution in [1.82, 2.24) is 0 Å². The van der Waals surface area contributed by atoms with Gasteiger partial charge in [-0.05, 0) is 42.1 Å². The molecule has 0 radical (unpaired) electrons. The van der Waals surface area contributed by atoms with Crippen LogP contribution in [0.1, 0.15) is 24.3 Å². The molecule has 0 saturated heterocycles. The molecule has 2 atom stereocenters. The Morgan fingerprint density at radius 3 is 2.56 bits per heavy atom. The van der Waals surface area contributed by atoms with Gasteiger partial charge in [0.2, 0.25) is 0 Å². The summed E-state index contributed by atoms with van der Waals surface area (Å²) in [6, 6.07) is 11.4. The lowest BCUT2D eigenvalue weighted by molar-refractivity contribution is 0.174. The fraction of sp³-hybridized carbons (Fsp3) is 0.286. The Morgan fingerprint density at radius 2 is 2.00 bits per heavy atom. The van der Waals surface area contributed by atoms with E-state index in [2.05, 4.69) is 13.0 Å². The number of nitrogens with two attached hydrogens (primary N) is 1. The van der Waals surface area contributed by atoms with E-state index in [-0.39, 0.29) is 12.1 Å². The fourth-order valence-electron chi connectivity index (χ4n) is 1.68. The van der Waals surface area contributed by atoms with Crippen LogP contribution in [0.15, 0.2) is 41.8 Å². The molecule has 18 heavy (non-hydrogen) atoms. The van der Waals surface area contributed by atoms with Crippen molar-refractivity contribution < 1.29 is 4.74 Å². The SMILES string of the molecule is CCC(N)C(Oc1ccc(Cl)cc1)c1cccs1. The van der Waals surface area contributed by atoms with Gasteiger partial charge in [-0.2, -0.15) is 0 Å². The first-order valence-electron chi connectivity index (χ1n) is 5.92. The number of benzene rings is 1. The Labute approximate surface area is 116 Å². The van der Waals surface area contributed by atoms with Crippen LogP contribution in [0.25, 0.3) is 0 Å². The van der Waals surface area contributed by atoms with Crippen molar-refractivity contribution in [2.45, 2.75) is 25.5 Å². The normalized spacial score (nSPS) is 14.2. The van der Waals surface area contributed by atoms with E-state index >= 15 is 0 Å². The maximum Gasteiger partial charge on any atom is 0.148 e. The Balaban J connectivity index is 2.17. The highest BCUT2D eigenvalue weighted by Crippen LogP contribution is 2.29. The molecule has 0 amide bonds. The minimum atomic E-state index is -0.101. The molecule has 0 aliphatic carbocycles. The number of halogens is 1. The highest BCUT2D eigenvalue weighted by molar-refractivity contribution is 7.10. The average molecular weight is 282 g/mol. The molecule has 2 rings (SSSR count). The van der Waals surface area contributed by atoms with Gasteiger partial charge in [0.15, 0.2) is 0 Å². The summed E-state index contributed by atoms with van der Waals surface area (Å²) >= 11 is 7.53. The van der Waals surface area contributed by atoms with E-state index in [9.17, 15) is 0 Å². The fourth-order valence-corrected chi connectivity index (χ4v) is 2.64. The van der Waals surface area contributed by atoms with Crippen LogP contribution in [-0.4, -0.2) is 6.04 Å². The summed E-state index contributed by atoms with van der Waals surface area (Å²) in [6.07, 6.45) is 0.770. The van der Waals surface area contributed by atoms with Gasteiger partial charge in [-0.15, -0.1) is 11.3 Å². The second-order valence-electron chi connectivity index (χ2n) is 4.08. The van der Waals surface area contributed by atoms with Crippen LogP contribution in [0.2, 0.25) is 5.02 Å². The van der Waals surface area contributed by atoms with E-state index in [0.717, 1.165) is 17.0 Å². The van der Waals surface area contributed by atoms with E-state index in [0.29, 0.717) is 5.02 Å². The maximum atomic E-state index is 6.14. The van der Waals surface area contributed by atoms with Crippen LogP contribution in [0.5, 0.6) is 5.75 Å². The van der Waals surface area contributed by atoms with Crippen molar-refractivity contribution in [1.29, 1.82) is 0 Å². The van der Waals surface area contributed by atoms with Crippen LogP contribution in [0, 0.1) is 0 Å². The van der Waals surface area contributed by atoms with Gasteiger partial charge in [-0.1, -0.05) is 24.6 Å². The molecule has 2 N–H and O–H groups in total. The summed E-state index contributed by atoms with van der Waals surface area (Å²) in [6.45, 7) is 2.07. The van der Waals surface area contributed by atoms with E-state index in [4.69, 9.17) is 22.1 Å². The monoisotopic (exact) mass is 281 g/mol. The van der Waals surface area contributed by atoms with E-state index in [1.807, 2.05) is 35.7 Å². The molecule has 1 aromatic carbocycles. The zero-order valence-corrected chi connectivity index (χ0v) is 11.7. The van der Waals surface area contributed by atoms with Gasteiger partial charge in [0.25, 0.3) is 0 Å². The second kappa shape index (κ2) is 6.23. The molecule has 0 spiro atoms. The lowest BCUT2D eigenvalue weighted by Gasteiger charge is -2.23. The van der Waals surface area contributed by atoms with Gasteiger partial charge in [-0.25, -0.2) is 0 Å². The van der Waals surface area contributed by atoms with Gasteiger partial charge in [0.05, 0.1) is 0 Å². The molecular weight excluding hydrogens is 266 g/mol. The van der Waals surface area contributed by atoms with Crippen molar-refractivity contribution in [2.75, 3.05) is 0 Å². The summed E-state index contributed by atoms with van der Waals surface area (Å²) in [5.41, 5.74) is 6.14. The summed E-state index contributed by atoms with van der Waals surface area (Å²) in [5, 5.41) is 2.74. The molecular formula is C14H16ClNOS. The third kappa shape index (κ3) is 3.25. The Morgan fingerprint density at radius 1 is 1.28 bits per heavy atom. The van der Waals surface area contributed by atoms with E-state index in [1.54, 1.807) is 11.3 Å². The van der Waals surface area contributed by atoms with E-state index in [1.165, 1.54) is 0 Å². The number of hydrogen-bond donors (Lipinski definition) is 1. The molecule has 4 heteroatoms. The molecule has 1 aromatic heterocycles. The average Bonchev–Trinajstić information content (AvgIpc) is 2.91. The minimum Gasteiger partial charge on any atom is -0.483 e. The number of hydrogen-bond acceptors (Lipinski definition) is 3. The largest absolute Gasteiger partial charge is 0.483 e. The lowest BCUT2D eigenvalue weighted by Crippen LogP contribution is -2.30. The summed E-state index contributed by atoms with van der Waals surface area (Å²) in [5.74, 6) is 0.793. The van der Waals surface area contributed by atoms with Crippen molar-refractivity contribution in [3.63, 3.8) is 0 Å². The molecule has 96 valence electrons. The first-order chi connectivity index (χ1) is 8.70. The smallest absolute Gasteiger partial charge is 0.148 e. The highest BCUT2D eigenvalue weighted by Gasteiger charge is 2.21. The third-order valence-electron chi connectivity index (χ3n) is 2.76. The van der Waals surface area contributed by atoms with Crippen molar-refractivity contribution in [2.24, 2.45) is 5.73 Å². The number of rotatable bonds is 5. The molecule has 0 bridgehead atoms. The predicted molar refractivity (Wildman–Crippen MR) is 77.4 cm³/mol. The zero-order chi connectivity index (χ0) is 13.0. The van der Waals surface area contributed by atoms with Crippen molar-refractivity contribution in [3.05, 3.63) is 51.7 Å². The third-order valence-corrected chi connectivity index (χ3v) is 3.95. The van der Waals surface area contributed by atoms with Gasteiger partial charge in [0, 0.05) is 15.9 Å². The standard InChI is InChI=1S/C14H16ClNOS/c1-2-12(16)14(13-4-3-9-18-13)17-11-7-5-10(15)6-8-11/h3-9,12,14H,2,16H2,1H3. The zero-order valence-electron chi connectivity index (χ0n) is 10.2. The highest BCUT2D eigenvalue weighted by atomic mass is 35.5. The molecule has 1 heterocycles. The van der Waals surface area contributed by atoms with Crippen LogP contribution in [0.3, 0.4) is 0 Å². The van der Waals surface area contributed by atoms with Crippen LogP contribution in [0.4, 0.5) is 0 Å². The molecule has 0 aliphatic rings. The van der Waals surface area contributed by atoms with Gasteiger partial charge >= 0.3 is 0 Å². The maximum absolute atomic E-state index is 6.14. The molecule has 2 nitrogen and oxygen atoms in total. The molecule has 2 unspecified atom stereocenters. The van der Waals surface area contributed by atoms with Crippen LogP contribution >= 0.6 is 22.9 Å². The summed E-state index contributed by atoms with van der Waals surface area (Å²) in [4.78, 5) is 1.15. The quantitative estimate of drug-likeness (QED) is 0.889. The van der Waals surface area contributed by atoms with Gasteiger partial charge in [-0.3, -0.25) is 0 Å².